The van der Waals surface area contributed by atoms with E-state index >= 15 is 0 Å². The molecule has 0 bridgehead atoms. The third-order valence-corrected chi connectivity index (χ3v) is 8.32. The van der Waals surface area contributed by atoms with Gasteiger partial charge in [0, 0.05) is 34.9 Å². The zero-order chi connectivity index (χ0) is 20.3. The van der Waals surface area contributed by atoms with Gasteiger partial charge in [0.25, 0.3) is 0 Å². The smallest absolute Gasteiger partial charge is 0.230 e. The van der Waals surface area contributed by atoms with Crippen LogP contribution in [0, 0.1) is 0 Å². The van der Waals surface area contributed by atoms with Crippen LogP contribution in [0.25, 0.3) is 0 Å². The largest absolute Gasteiger partial charge is 0.388 e. The van der Waals surface area contributed by atoms with Crippen molar-refractivity contribution in [2.24, 2.45) is 0 Å². The lowest BCUT2D eigenvalue weighted by molar-refractivity contribution is -0.130. The molecule has 2 fully saturated rings. The highest BCUT2D eigenvalue weighted by Gasteiger charge is 2.44. The number of thiophene rings is 1. The topological polar surface area (TPSA) is 58.6 Å². The molecule has 4 nitrogen and oxygen atoms in total. The maximum atomic E-state index is 13.6. The molecule has 4 rings (SSSR count). The molecular formula is C24H31NO3S. The minimum absolute atomic E-state index is 0.00346. The summed E-state index contributed by atoms with van der Waals surface area (Å²) in [5.41, 5.74) is 0.588. The van der Waals surface area contributed by atoms with E-state index in [2.05, 4.69) is 23.5 Å². The fourth-order valence-corrected chi connectivity index (χ4v) is 6.16. The molecule has 1 saturated heterocycles. The first-order valence-electron chi connectivity index (χ1n) is 10.8. The Labute approximate surface area is 177 Å². The first-order valence-corrected chi connectivity index (χ1v) is 11.6. The van der Waals surface area contributed by atoms with Crippen molar-refractivity contribution in [3.8, 4) is 0 Å². The van der Waals surface area contributed by atoms with Gasteiger partial charge in [0.2, 0.25) is 5.91 Å². The molecule has 1 saturated carbocycles. The molecule has 2 aliphatic rings. The molecule has 5 heteroatoms. The fourth-order valence-electron chi connectivity index (χ4n) is 4.97. The molecule has 0 spiro atoms. The van der Waals surface area contributed by atoms with Crippen LogP contribution in [-0.2, 0) is 20.4 Å². The van der Waals surface area contributed by atoms with Gasteiger partial charge in [-0.25, -0.2) is 0 Å². The lowest BCUT2D eigenvalue weighted by Gasteiger charge is -2.38. The molecule has 1 aliphatic heterocycles. The molecule has 2 N–H and O–H groups in total. The molecule has 2 heterocycles. The summed E-state index contributed by atoms with van der Waals surface area (Å²) >= 11 is 1.70. The first-order chi connectivity index (χ1) is 14.1. The third kappa shape index (κ3) is 4.00. The number of carbonyl (C=O) groups is 1. The highest BCUT2D eigenvalue weighted by atomic mass is 32.1. The van der Waals surface area contributed by atoms with Crippen LogP contribution >= 0.6 is 11.3 Å². The van der Waals surface area contributed by atoms with Crippen LogP contribution in [-0.4, -0.2) is 30.8 Å². The van der Waals surface area contributed by atoms with Gasteiger partial charge in [0.05, 0.1) is 11.5 Å². The van der Waals surface area contributed by atoms with E-state index in [0.717, 1.165) is 36.1 Å². The molecule has 0 radical (unpaired) electrons. The maximum Gasteiger partial charge on any atom is 0.230 e. The predicted molar refractivity (Wildman–Crippen MR) is 116 cm³/mol. The van der Waals surface area contributed by atoms with Crippen molar-refractivity contribution in [1.29, 1.82) is 0 Å². The Morgan fingerprint density at radius 1 is 1.10 bits per heavy atom. The summed E-state index contributed by atoms with van der Waals surface area (Å²) in [6.45, 7) is 3.72. The number of ether oxygens (including phenoxy) is 1. The number of hydrogen-bond donors (Lipinski definition) is 2. The van der Waals surface area contributed by atoms with E-state index in [-0.39, 0.29) is 11.3 Å². The molecule has 1 aliphatic carbocycles. The second kappa shape index (κ2) is 8.58. The summed E-state index contributed by atoms with van der Waals surface area (Å²) in [6, 6.07) is 14.4. The van der Waals surface area contributed by atoms with Crippen molar-refractivity contribution >= 4 is 17.2 Å². The van der Waals surface area contributed by atoms with Crippen LogP contribution in [0.1, 0.15) is 66.9 Å². The van der Waals surface area contributed by atoms with E-state index in [1.54, 1.807) is 11.3 Å². The molecule has 1 aromatic heterocycles. The van der Waals surface area contributed by atoms with Crippen molar-refractivity contribution < 1.29 is 14.6 Å². The number of rotatable bonds is 6. The number of carbonyl (C=O) groups excluding carboxylic acids is 1. The fraction of sp³-hybridized carbons (Fsp3) is 0.542. The van der Waals surface area contributed by atoms with E-state index in [0.29, 0.717) is 19.8 Å². The Hall–Kier alpha value is -1.69. The molecule has 156 valence electrons. The van der Waals surface area contributed by atoms with Gasteiger partial charge in [-0.1, -0.05) is 43.2 Å². The zero-order valence-corrected chi connectivity index (χ0v) is 18.0. The Kier molecular flexibility index (Phi) is 6.09. The summed E-state index contributed by atoms with van der Waals surface area (Å²) in [4.78, 5) is 15.9. The monoisotopic (exact) mass is 413 g/mol. The molecular weight excluding hydrogens is 382 g/mol. The molecule has 1 aromatic carbocycles. The van der Waals surface area contributed by atoms with E-state index in [1.807, 2.05) is 31.2 Å². The summed E-state index contributed by atoms with van der Waals surface area (Å²) < 4.78 is 5.59. The predicted octanol–water partition coefficient (Wildman–Crippen LogP) is 4.48. The highest BCUT2D eigenvalue weighted by molar-refractivity contribution is 7.12. The molecule has 1 unspecified atom stereocenters. The number of amides is 1. The van der Waals surface area contributed by atoms with E-state index in [1.165, 1.54) is 17.7 Å². The number of aliphatic hydroxyl groups is 1. The number of aliphatic hydroxyl groups excluding tert-OH is 1. The Morgan fingerprint density at radius 3 is 2.41 bits per heavy atom. The van der Waals surface area contributed by atoms with Gasteiger partial charge in [-0.2, -0.15) is 0 Å². The van der Waals surface area contributed by atoms with Gasteiger partial charge in [0.15, 0.2) is 0 Å². The zero-order valence-electron chi connectivity index (χ0n) is 17.2. The van der Waals surface area contributed by atoms with Crippen LogP contribution < -0.4 is 5.32 Å². The quantitative estimate of drug-likeness (QED) is 0.734. The lowest BCUT2D eigenvalue weighted by atomic mass is 9.73. The Balaban J connectivity index is 1.55. The number of nitrogens with one attached hydrogen (secondary N) is 1. The van der Waals surface area contributed by atoms with Gasteiger partial charge >= 0.3 is 0 Å². The molecule has 1 amide bonds. The van der Waals surface area contributed by atoms with Crippen molar-refractivity contribution in [3.05, 3.63) is 57.8 Å². The number of benzene rings is 1. The summed E-state index contributed by atoms with van der Waals surface area (Å²) in [5.74, 6) is 0.130. The van der Waals surface area contributed by atoms with Crippen molar-refractivity contribution in [1.82, 2.24) is 5.32 Å². The second-order valence-corrected chi connectivity index (χ2v) is 9.72. The van der Waals surface area contributed by atoms with E-state index < -0.39 is 11.5 Å². The van der Waals surface area contributed by atoms with Crippen molar-refractivity contribution in [2.45, 2.75) is 62.4 Å². The highest BCUT2D eigenvalue weighted by Crippen LogP contribution is 2.45. The SMILES string of the molecule is CC(O)c1ccc(C2(CNC(=O)C3(c4ccccc4)CCOCC3)CCCC2)s1. The number of hydrogen-bond acceptors (Lipinski definition) is 4. The summed E-state index contributed by atoms with van der Waals surface area (Å²) in [5, 5.41) is 13.3. The van der Waals surface area contributed by atoms with E-state index in [4.69, 9.17) is 4.74 Å². The van der Waals surface area contributed by atoms with Crippen LogP contribution in [0.4, 0.5) is 0 Å². The third-order valence-electron chi connectivity index (χ3n) is 6.82. The Morgan fingerprint density at radius 2 is 1.79 bits per heavy atom. The van der Waals surface area contributed by atoms with Crippen LogP contribution in [0.5, 0.6) is 0 Å². The molecule has 2 aromatic rings. The van der Waals surface area contributed by atoms with Crippen molar-refractivity contribution in [3.63, 3.8) is 0 Å². The summed E-state index contributed by atoms with van der Waals surface area (Å²) in [7, 11) is 0. The molecule has 29 heavy (non-hydrogen) atoms. The van der Waals surface area contributed by atoms with Crippen molar-refractivity contribution in [2.75, 3.05) is 19.8 Å². The van der Waals surface area contributed by atoms with Gasteiger partial charge in [-0.3, -0.25) is 4.79 Å². The van der Waals surface area contributed by atoms with Crippen LogP contribution in [0.15, 0.2) is 42.5 Å². The van der Waals surface area contributed by atoms with Gasteiger partial charge < -0.3 is 15.2 Å². The summed E-state index contributed by atoms with van der Waals surface area (Å²) in [6.07, 6.45) is 5.57. The minimum atomic E-state index is -0.500. The standard InChI is InChI=1S/C24H31NO3S/c1-18(26)20-9-10-21(29-20)23(11-5-6-12-23)17-25-22(27)24(13-15-28-16-14-24)19-7-3-2-4-8-19/h2-4,7-10,18,26H,5-6,11-17H2,1H3,(H,25,27). The second-order valence-electron chi connectivity index (χ2n) is 8.61. The van der Waals surface area contributed by atoms with Crippen LogP contribution in [0.2, 0.25) is 0 Å². The Bertz CT molecular complexity index is 818. The van der Waals surface area contributed by atoms with Crippen LogP contribution in [0.3, 0.4) is 0 Å². The van der Waals surface area contributed by atoms with Gasteiger partial charge in [0.1, 0.15) is 0 Å². The lowest BCUT2D eigenvalue weighted by Crippen LogP contribution is -2.51. The maximum absolute atomic E-state index is 13.6. The average Bonchev–Trinajstić information content (AvgIpc) is 3.44. The molecule has 1 atom stereocenters. The minimum Gasteiger partial charge on any atom is -0.388 e. The van der Waals surface area contributed by atoms with Gasteiger partial charge in [-0.05, 0) is 50.3 Å². The normalized spacial score (nSPS) is 21.6. The van der Waals surface area contributed by atoms with E-state index in [9.17, 15) is 9.90 Å². The van der Waals surface area contributed by atoms with Gasteiger partial charge in [-0.15, -0.1) is 11.3 Å². The average molecular weight is 414 g/mol. The first kappa shape index (κ1) is 20.6.